The number of anilines is 1. The molecule has 20 heavy (non-hydrogen) atoms. The molecule has 2 aromatic carbocycles. The third-order valence-corrected chi connectivity index (χ3v) is 4.95. The molecule has 0 amide bonds. The van der Waals surface area contributed by atoms with Crippen LogP contribution in [0.5, 0.6) is 0 Å². The fourth-order valence-corrected chi connectivity index (χ4v) is 3.70. The molecule has 0 heterocycles. The lowest BCUT2D eigenvalue weighted by molar-refractivity contribution is 0.865. The standard InChI is InChI=1S/C17H18BrN.BrH/c1-3-19(4-2)12-9-10-14-13-7-5-6-8-15(13)17(18)16(14)11-12;/h5-11,17H,3-4H2,1-2H3;1H. The van der Waals surface area contributed by atoms with Gasteiger partial charge in [0.25, 0.3) is 0 Å². The zero-order chi connectivity index (χ0) is 13.4. The van der Waals surface area contributed by atoms with Crippen molar-refractivity contribution in [3.8, 4) is 11.1 Å². The number of benzene rings is 2. The largest absolute Gasteiger partial charge is 0.372 e. The number of nitrogens with zero attached hydrogens (tertiary/aromatic N) is 1. The third kappa shape index (κ3) is 2.42. The first-order chi connectivity index (χ1) is 9.26. The molecule has 106 valence electrons. The van der Waals surface area contributed by atoms with Gasteiger partial charge in [0, 0.05) is 18.8 Å². The van der Waals surface area contributed by atoms with Crippen molar-refractivity contribution in [3.63, 3.8) is 0 Å². The molecule has 1 aliphatic rings. The van der Waals surface area contributed by atoms with Gasteiger partial charge in [-0.2, -0.15) is 0 Å². The summed E-state index contributed by atoms with van der Waals surface area (Å²) in [5.41, 5.74) is 6.83. The Balaban J connectivity index is 0.00000147. The van der Waals surface area contributed by atoms with Crippen LogP contribution in [0.2, 0.25) is 0 Å². The molecule has 0 aromatic heterocycles. The van der Waals surface area contributed by atoms with Crippen LogP contribution in [0, 0.1) is 0 Å². The molecular formula is C17H19Br2N. The molecule has 0 bridgehead atoms. The average Bonchev–Trinajstić information content (AvgIpc) is 2.74. The van der Waals surface area contributed by atoms with Crippen molar-refractivity contribution in [2.75, 3.05) is 18.0 Å². The van der Waals surface area contributed by atoms with E-state index in [1.807, 2.05) is 0 Å². The third-order valence-electron chi connectivity index (χ3n) is 3.96. The second-order valence-corrected chi connectivity index (χ2v) is 5.81. The monoisotopic (exact) mass is 395 g/mol. The van der Waals surface area contributed by atoms with E-state index >= 15 is 0 Å². The Morgan fingerprint density at radius 2 is 1.60 bits per heavy atom. The predicted octanol–water partition coefficient (Wildman–Crippen LogP) is 5.58. The minimum atomic E-state index is 0. The fraction of sp³-hybridized carbons (Fsp3) is 0.294. The zero-order valence-electron chi connectivity index (χ0n) is 11.8. The SMILES string of the molecule is Br.CCN(CC)c1ccc2c(c1)C(Br)c1ccccc1-2. The van der Waals surface area contributed by atoms with Gasteiger partial charge in [0.2, 0.25) is 0 Å². The maximum atomic E-state index is 3.84. The molecule has 1 unspecified atom stereocenters. The van der Waals surface area contributed by atoms with Gasteiger partial charge in [0.05, 0.1) is 4.83 Å². The van der Waals surface area contributed by atoms with Gasteiger partial charge in [-0.1, -0.05) is 46.3 Å². The molecule has 0 aliphatic heterocycles. The van der Waals surface area contributed by atoms with Crippen LogP contribution in [0.3, 0.4) is 0 Å². The van der Waals surface area contributed by atoms with Crippen LogP contribution >= 0.6 is 32.9 Å². The Morgan fingerprint density at radius 3 is 2.30 bits per heavy atom. The normalized spacial score (nSPS) is 15.2. The zero-order valence-corrected chi connectivity index (χ0v) is 15.1. The van der Waals surface area contributed by atoms with Crippen molar-refractivity contribution < 1.29 is 0 Å². The van der Waals surface area contributed by atoms with Crippen molar-refractivity contribution >= 4 is 38.6 Å². The summed E-state index contributed by atoms with van der Waals surface area (Å²) in [6.07, 6.45) is 0. The summed E-state index contributed by atoms with van der Waals surface area (Å²) in [5, 5.41) is 0. The molecular weight excluding hydrogens is 378 g/mol. The Morgan fingerprint density at radius 1 is 0.950 bits per heavy atom. The van der Waals surface area contributed by atoms with Crippen molar-refractivity contribution in [1.82, 2.24) is 0 Å². The molecule has 0 spiro atoms. The van der Waals surface area contributed by atoms with E-state index in [1.54, 1.807) is 0 Å². The summed E-state index contributed by atoms with van der Waals surface area (Å²) in [7, 11) is 0. The lowest BCUT2D eigenvalue weighted by Gasteiger charge is -2.22. The van der Waals surface area contributed by atoms with Gasteiger partial charge in [-0.15, -0.1) is 17.0 Å². The van der Waals surface area contributed by atoms with Crippen LogP contribution in [0.15, 0.2) is 42.5 Å². The van der Waals surface area contributed by atoms with Gasteiger partial charge in [-0.3, -0.25) is 0 Å². The number of hydrogen-bond donors (Lipinski definition) is 0. The first-order valence-electron chi connectivity index (χ1n) is 6.88. The summed E-state index contributed by atoms with van der Waals surface area (Å²) in [6, 6.07) is 15.5. The van der Waals surface area contributed by atoms with E-state index in [9.17, 15) is 0 Å². The minimum absolute atomic E-state index is 0. The lowest BCUT2D eigenvalue weighted by atomic mass is 10.1. The van der Waals surface area contributed by atoms with Gasteiger partial charge in [-0.05, 0) is 48.2 Å². The fourth-order valence-electron chi connectivity index (χ4n) is 2.92. The highest BCUT2D eigenvalue weighted by Crippen LogP contribution is 2.48. The summed E-state index contributed by atoms with van der Waals surface area (Å²) >= 11 is 3.84. The van der Waals surface area contributed by atoms with E-state index in [4.69, 9.17) is 0 Å². The first-order valence-corrected chi connectivity index (χ1v) is 7.80. The Hall–Kier alpha value is -0.800. The van der Waals surface area contributed by atoms with Gasteiger partial charge in [-0.25, -0.2) is 0 Å². The predicted molar refractivity (Wildman–Crippen MR) is 96.5 cm³/mol. The highest BCUT2D eigenvalue weighted by atomic mass is 79.9. The summed E-state index contributed by atoms with van der Waals surface area (Å²) < 4.78 is 0. The van der Waals surface area contributed by atoms with E-state index < -0.39 is 0 Å². The Kier molecular flexibility index (Phi) is 4.92. The molecule has 0 radical (unpaired) electrons. The van der Waals surface area contributed by atoms with Gasteiger partial charge >= 0.3 is 0 Å². The summed E-state index contributed by atoms with van der Waals surface area (Å²) in [5.74, 6) is 0. The number of alkyl halides is 1. The first kappa shape index (κ1) is 15.6. The van der Waals surface area contributed by atoms with E-state index in [0.717, 1.165) is 13.1 Å². The maximum Gasteiger partial charge on any atom is 0.0657 e. The number of halogens is 2. The number of hydrogen-bond acceptors (Lipinski definition) is 1. The van der Waals surface area contributed by atoms with Crippen LogP contribution in [0.4, 0.5) is 5.69 Å². The highest BCUT2D eigenvalue weighted by molar-refractivity contribution is 9.09. The molecule has 3 heteroatoms. The van der Waals surface area contributed by atoms with Crippen molar-refractivity contribution in [2.45, 2.75) is 18.7 Å². The van der Waals surface area contributed by atoms with Gasteiger partial charge in [0.1, 0.15) is 0 Å². The van der Waals surface area contributed by atoms with Crippen LogP contribution in [-0.2, 0) is 0 Å². The second-order valence-electron chi connectivity index (χ2n) is 4.89. The lowest BCUT2D eigenvalue weighted by Crippen LogP contribution is -2.21. The molecule has 0 fully saturated rings. The summed E-state index contributed by atoms with van der Waals surface area (Å²) in [6.45, 7) is 6.51. The van der Waals surface area contributed by atoms with Crippen molar-refractivity contribution in [3.05, 3.63) is 53.6 Å². The molecule has 0 saturated heterocycles. The second kappa shape index (κ2) is 6.31. The molecule has 3 rings (SSSR count). The molecule has 0 N–H and O–H groups in total. The van der Waals surface area contributed by atoms with Crippen LogP contribution in [0.1, 0.15) is 29.8 Å². The quantitative estimate of drug-likeness (QED) is 0.612. The van der Waals surface area contributed by atoms with Crippen LogP contribution < -0.4 is 4.90 Å². The van der Waals surface area contributed by atoms with E-state index in [0.29, 0.717) is 4.83 Å². The van der Waals surface area contributed by atoms with Gasteiger partial charge < -0.3 is 4.90 Å². The summed E-state index contributed by atoms with van der Waals surface area (Å²) in [4.78, 5) is 2.72. The van der Waals surface area contributed by atoms with Crippen LogP contribution in [0.25, 0.3) is 11.1 Å². The van der Waals surface area contributed by atoms with Crippen LogP contribution in [-0.4, -0.2) is 13.1 Å². The number of fused-ring (bicyclic) bond motifs is 3. The molecule has 2 aromatic rings. The van der Waals surface area contributed by atoms with Crippen molar-refractivity contribution in [1.29, 1.82) is 0 Å². The highest BCUT2D eigenvalue weighted by Gasteiger charge is 2.26. The Bertz CT molecular complexity index is 606. The molecule has 0 saturated carbocycles. The Labute approximate surface area is 139 Å². The van der Waals surface area contributed by atoms with E-state index in [1.165, 1.54) is 27.9 Å². The van der Waals surface area contributed by atoms with Crippen molar-refractivity contribution in [2.24, 2.45) is 0 Å². The topological polar surface area (TPSA) is 3.24 Å². The minimum Gasteiger partial charge on any atom is -0.372 e. The van der Waals surface area contributed by atoms with Gasteiger partial charge in [0.15, 0.2) is 0 Å². The average molecular weight is 397 g/mol. The smallest absolute Gasteiger partial charge is 0.0657 e. The molecule has 1 aliphatic carbocycles. The van der Waals surface area contributed by atoms with E-state index in [-0.39, 0.29) is 17.0 Å². The number of rotatable bonds is 3. The van der Waals surface area contributed by atoms with E-state index in [2.05, 4.69) is 77.1 Å². The molecule has 1 atom stereocenters. The maximum absolute atomic E-state index is 3.84. The molecule has 1 nitrogen and oxygen atoms in total.